The van der Waals surface area contributed by atoms with E-state index in [0.29, 0.717) is 13.1 Å². The molecule has 1 aliphatic heterocycles. The molecule has 6 heteroatoms. The zero-order valence-corrected chi connectivity index (χ0v) is 18.1. The number of likely N-dealkylation sites (tertiary alicyclic amines) is 1. The highest BCUT2D eigenvalue weighted by molar-refractivity contribution is 5.90. The van der Waals surface area contributed by atoms with E-state index in [0.717, 1.165) is 24.8 Å². The number of carbonyl (C=O) groups is 2. The molecule has 3 N–H and O–H groups in total. The number of nitrogens with two attached hydrogens (primary N) is 1. The van der Waals surface area contributed by atoms with Crippen LogP contribution in [0.3, 0.4) is 0 Å². The third kappa shape index (κ3) is 4.52. The minimum atomic E-state index is -0.643. The van der Waals surface area contributed by atoms with Crippen molar-refractivity contribution in [3.8, 4) is 12.3 Å². The Hall–Kier alpha value is -2.78. The van der Waals surface area contributed by atoms with Crippen molar-refractivity contribution in [2.75, 3.05) is 6.54 Å². The number of carbonyl (C=O) groups excluding carboxylic acids is 2. The number of aromatic nitrogens is 1. The summed E-state index contributed by atoms with van der Waals surface area (Å²) in [6.07, 6.45) is 10.3. The molecule has 2 amide bonds. The Balaban J connectivity index is 1.82. The second kappa shape index (κ2) is 9.36. The van der Waals surface area contributed by atoms with Gasteiger partial charge in [-0.05, 0) is 43.7 Å². The van der Waals surface area contributed by atoms with Gasteiger partial charge in [0.15, 0.2) is 0 Å². The molecule has 160 valence electrons. The summed E-state index contributed by atoms with van der Waals surface area (Å²) < 4.78 is 2.09. The molecule has 3 atom stereocenters. The van der Waals surface area contributed by atoms with E-state index in [-0.39, 0.29) is 23.8 Å². The second-order valence-corrected chi connectivity index (χ2v) is 8.55. The molecule has 6 nitrogen and oxygen atoms in total. The molecular formula is C24H32N4O2. The SMILES string of the molecule is C#CCn1cc(C[C@@H]2CCCN2C(=O)[C@@H](NC(=O)[C@H](C)N)C(C)C)c2ccccc21. The van der Waals surface area contributed by atoms with Gasteiger partial charge in [0.2, 0.25) is 11.8 Å². The largest absolute Gasteiger partial charge is 0.343 e. The van der Waals surface area contributed by atoms with Crippen molar-refractivity contribution in [3.63, 3.8) is 0 Å². The quantitative estimate of drug-likeness (QED) is 0.690. The highest BCUT2D eigenvalue weighted by Crippen LogP contribution is 2.28. The topological polar surface area (TPSA) is 80.4 Å². The van der Waals surface area contributed by atoms with Crippen LogP contribution in [0.25, 0.3) is 10.9 Å². The van der Waals surface area contributed by atoms with Gasteiger partial charge in [-0.25, -0.2) is 0 Å². The minimum absolute atomic E-state index is 0.0148. The molecule has 0 unspecified atom stereocenters. The molecular weight excluding hydrogens is 376 g/mol. The first kappa shape index (κ1) is 21.9. The first-order valence-corrected chi connectivity index (χ1v) is 10.7. The molecule has 3 rings (SSSR count). The number of nitrogens with one attached hydrogen (secondary N) is 1. The van der Waals surface area contributed by atoms with Crippen LogP contribution >= 0.6 is 0 Å². The van der Waals surface area contributed by atoms with Crippen molar-refractivity contribution in [2.24, 2.45) is 11.7 Å². The highest BCUT2D eigenvalue weighted by atomic mass is 16.2. The number of terminal acetylenes is 1. The van der Waals surface area contributed by atoms with Gasteiger partial charge in [-0.3, -0.25) is 9.59 Å². The zero-order chi connectivity index (χ0) is 21.8. The van der Waals surface area contributed by atoms with Gasteiger partial charge in [0.05, 0.1) is 12.6 Å². The van der Waals surface area contributed by atoms with Crippen molar-refractivity contribution < 1.29 is 9.59 Å². The summed E-state index contributed by atoms with van der Waals surface area (Å²) in [5.41, 5.74) is 8.01. The van der Waals surface area contributed by atoms with E-state index in [4.69, 9.17) is 12.2 Å². The van der Waals surface area contributed by atoms with Gasteiger partial charge in [-0.1, -0.05) is 38.0 Å². The standard InChI is InChI=1S/C24H32N4O2/c1-5-12-27-15-18(20-10-6-7-11-21(20)27)14-19-9-8-13-28(19)24(30)22(16(2)3)26-23(29)17(4)25/h1,6-7,10-11,15-17,19,22H,8-9,12-14,25H2,2-4H3,(H,26,29)/t17-,19-,22-/m0/s1. The predicted octanol–water partition coefficient (Wildman–Crippen LogP) is 2.30. The molecule has 0 spiro atoms. The molecule has 30 heavy (non-hydrogen) atoms. The molecule has 2 heterocycles. The maximum absolute atomic E-state index is 13.4. The van der Waals surface area contributed by atoms with E-state index in [2.05, 4.69) is 34.1 Å². The van der Waals surface area contributed by atoms with Crippen molar-refractivity contribution in [1.82, 2.24) is 14.8 Å². The summed E-state index contributed by atoms with van der Waals surface area (Å²) in [4.78, 5) is 27.4. The fraction of sp³-hybridized carbons (Fsp3) is 0.500. The lowest BCUT2D eigenvalue weighted by Gasteiger charge is -2.31. The summed E-state index contributed by atoms with van der Waals surface area (Å²) >= 11 is 0. The Morgan fingerprint density at radius 3 is 2.70 bits per heavy atom. The van der Waals surface area contributed by atoms with Gasteiger partial charge >= 0.3 is 0 Å². The number of hydrogen-bond acceptors (Lipinski definition) is 3. The molecule has 1 aromatic heterocycles. The summed E-state index contributed by atoms with van der Waals surface area (Å²) in [6.45, 7) is 6.75. The number of hydrogen-bond donors (Lipinski definition) is 2. The molecule has 1 saturated heterocycles. The molecule has 1 aliphatic rings. The summed E-state index contributed by atoms with van der Waals surface area (Å²) in [5.74, 6) is 2.38. The number of amides is 2. The fourth-order valence-corrected chi connectivity index (χ4v) is 4.28. The van der Waals surface area contributed by atoms with Crippen molar-refractivity contribution in [2.45, 2.75) is 64.7 Å². The number of nitrogens with zero attached hydrogens (tertiary/aromatic N) is 2. The van der Waals surface area contributed by atoms with E-state index < -0.39 is 12.1 Å². The summed E-state index contributed by atoms with van der Waals surface area (Å²) in [6, 6.07) is 7.13. The molecule has 1 aromatic carbocycles. The molecule has 0 aliphatic carbocycles. The summed E-state index contributed by atoms with van der Waals surface area (Å²) in [5, 5.41) is 4.02. The first-order chi connectivity index (χ1) is 14.3. The number of fused-ring (bicyclic) bond motifs is 1. The maximum atomic E-state index is 13.4. The van der Waals surface area contributed by atoms with Crippen LogP contribution in [-0.4, -0.2) is 46.0 Å². The van der Waals surface area contributed by atoms with Gasteiger partial charge in [-0.15, -0.1) is 6.42 Å². The van der Waals surface area contributed by atoms with Crippen molar-refractivity contribution >= 4 is 22.7 Å². The normalized spacial score (nSPS) is 18.4. The van der Waals surface area contributed by atoms with Crippen LogP contribution in [0.4, 0.5) is 0 Å². The summed E-state index contributed by atoms with van der Waals surface area (Å²) in [7, 11) is 0. The zero-order valence-electron chi connectivity index (χ0n) is 18.1. The minimum Gasteiger partial charge on any atom is -0.343 e. The van der Waals surface area contributed by atoms with E-state index in [1.807, 2.05) is 30.9 Å². The molecule has 0 saturated carbocycles. The van der Waals surface area contributed by atoms with Crippen LogP contribution in [0.15, 0.2) is 30.5 Å². The van der Waals surface area contributed by atoms with E-state index in [1.54, 1.807) is 6.92 Å². The molecule has 1 fully saturated rings. The molecule has 0 bridgehead atoms. The second-order valence-electron chi connectivity index (χ2n) is 8.55. The average Bonchev–Trinajstić information content (AvgIpc) is 3.31. The van der Waals surface area contributed by atoms with Crippen molar-refractivity contribution in [1.29, 1.82) is 0 Å². The third-order valence-corrected chi connectivity index (χ3v) is 5.89. The Labute approximate surface area is 178 Å². The lowest BCUT2D eigenvalue weighted by atomic mass is 9.99. The van der Waals surface area contributed by atoms with Crippen LogP contribution in [-0.2, 0) is 22.6 Å². The average molecular weight is 409 g/mol. The Kier molecular flexibility index (Phi) is 6.84. The van der Waals surface area contributed by atoms with Gasteiger partial charge in [0.25, 0.3) is 0 Å². The van der Waals surface area contributed by atoms with Gasteiger partial charge < -0.3 is 20.5 Å². The fourth-order valence-electron chi connectivity index (χ4n) is 4.28. The Morgan fingerprint density at radius 1 is 1.30 bits per heavy atom. The lowest BCUT2D eigenvalue weighted by molar-refractivity contribution is -0.138. The predicted molar refractivity (Wildman–Crippen MR) is 120 cm³/mol. The smallest absolute Gasteiger partial charge is 0.245 e. The molecule has 0 radical (unpaired) electrons. The van der Waals surface area contributed by atoms with Gasteiger partial charge in [0, 0.05) is 29.7 Å². The number of rotatable bonds is 7. The van der Waals surface area contributed by atoms with Crippen LogP contribution < -0.4 is 11.1 Å². The maximum Gasteiger partial charge on any atom is 0.245 e. The van der Waals surface area contributed by atoms with E-state index in [1.165, 1.54) is 10.9 Å². The number of para-hydroxylation sites is 1. The highest BCUT2D eigenvalue weighted by Gasteiger charge is 2.35. The Bertz CT molecular complexity index is 954. The van der Waals surface area contributed by atoms with Crippen molar-refractivity contribution in [3.05, 3.63) is 36.0 Å². The lowest BCUT2D eigenvalue weighted by Crippen LogP contribution is -2.55. The van der Waals surface area contributed by atoms with Crippen LogP contribution in [0.1, 0.15) is 39.2 Å². The van der Waals surface area contributed by atoms with Gasteiger partial charge in [-0.2, -0.15) is 0 Å². The Morgan fingerprint density at radius 2 is 2.03 bits per heavy atom. The van der Waals surface area contributed by atoms with Crippen LogP contribution in [0.2, 0.25) is 0 Å². The van der Waals surface area contributed by atoms with Crippen LogP contribution in [0.5, 0.6) is 0 Å². The van der Waals surface area contributed by atoms with E-state index in [9.17, 15) is 9.59 Å². The molecule has 2 aromatic rings. The monoisotopic (exact) mass is 408 g/mol. The third-order valence-electron chi connectivity index (χ3n) is 5.89. The first-order valence-electron chi connectivity index (χ1n) is 10.7. The van der Waals surface area contributed by atoms with Gasteiger partial charge in [0.1, 0.15) is 6.04 Å². The number of benzene rings is 1. The van der Waals surface area contributed by atoms with Crippen LogP contribution in [0, 0.1) is 18.3 Å². The van der Waals surface area contributed by atoms with E-state index >= 15 is 0 Å².